The number of benzene rings is 2. The Kier molecular flexibility index (Phi) is 6.43. The Balaban J connectivity index is 1.70. The molecule has 2 aromatic rings. The molecule has 0 spiro atoms. The molecule has 0 saturated carbocycles. The number of hydrogen-bond donors (Lipinski definition) is 2. The zero-order chi connectivity index (χ0) is 16.7. The maximum atomic E-state index is 12.7. The topological polar surface area (TPSA) is 58.2 Å². The molecule has 0 saturated heterocycles. The van der Waals surface area contributed by atoms with Gasteiger partial charge < -0.3 is 10.6 Å². The molecule has 2 N–H and O–H groups in total. The van der Waals surface area contributed by atoms with Gasteiger partial charge in [0.05, 0.1) is 11.5 Å². The lowest BCUT2D eigenvalue weighted by atomic mass is 10.3. The average molecular weight is 353 g/mol. The van der Waals surface area contributed by atoms with E-state index in [0.717, 1.165) is 0 Å². The zero-order valence-corrected chi connectivity index (χ0v) is 13.6. The van der Waals surface area contributed by atoms with Crippen LogP contribution in [0.4, 0.5) is 15.8 Å². The molecule has 2 amide bonds. The third kappa shape index (κ3) is 6.30. The van der Waals surface area contributed by atoms with E-state index in [2.05, 4.69) is 10.6 Å². The van der Waals surface area contributed by atoms with E-state index in [1.54, 1.807) is 24.3 Å². The average Bonchev–Trinajstić information content (AvgIpc) is 2.49. The van der Waals surface area contributed by atoms with Crippen LogP contribution in [0.15, 0.2) is 48.5 Å². The molecule has 2 rings (SSSR count). The highest BCUT2D eigenvalue weighted by Crippen LogP contribution is 2.15. The van der Waals surface area contributed by atoms with Crippen molar-refractivity contribution in [3.8, 4) is 0 Å². The van der Waals surface area contributed by atoms with Crippen molar-refractivity contribution in [1.82, 2.24) is 0 Å². The summed E-state index contributed by atoms with van der Waals surface area (Å²) in [6.45, 7) is 0. The molecule has 7 heteroatoms. The number of nitrogens with one attached hydrogen (secondary N) is 2. The van der Waals surface area contributed by atoms with Crippen molar-refractivity contribution in [2.45, 2.75) is 0 Å². The quantitative estimate of drug-likeness (QED) is 0.831. The summed E-state index contributed by atoms with van der Waals surface area (Å²) in [4.78, 5) is 23.5. The van der Waals surface area contributed by atoms with Gasteiger partial charge in [0.15, 0.2) is 0 Å². The lowest BCUT2D eigenvalue weighted by Crippen LogP contribution is -2.18. The van der Waals surface area contributed by atoms with Crippen molar-refractivity contribution >= 4 is 46.6 Å². The molecule has 0 heterocycles. The number of halogens is 2. The maximum absolute atomic E-state index is 12.7. The first-order valence-electron chi connectivity index (χ1n) is 6.71. The van der Waals surface area contributed by atoms with Crippen molar-refractivity contribution in [2.75, 3.05) is 22.1 Å². The molecule has 0 aliphatic heterocycles. The van der Waals surface area contributed by atoms with E-state index in [9.17, 15) is 14.0 Å². The minimum absolute atomic E-state index is 0.125. The highest BCUT2D eigenvalue weighted by Gasteiger charge is 2.07. The molecule has 0 bridgehead atoms. The van der Waals surface area contributed by atoms with Gasteiger partial charge in [0.25, 0.3) is 0 Å². The summed E-state index contributed by atoms with van der Waals surface area (Å²) in [7, 11) is 0. The van der Waals surface area contributed by atoms with Crippen LogP contribution in [0, 0.1) is 5.82 Å². The van der Waals surface area contributed by atoms with E-state index < -0.39 is 0 Å². The fourth-order valence-electron chi connectivity index (χ4n) is 1.73. The number of hydrogen-bond acceptors (Lipinski definition) is 3. The normalized spacial score (nSPS) is 10.2. The van der Waals surface area contributed by atoms with Crippen LogP contribution < -0.4 is 10.6 Å². The van der Waals surface area contributed by atoms with Crippen LogP contribution in [0.3, 0.4) is 0 Å². The Labute approximate surface area is 142 Å². The first-order chi connectivity index (χ1) is 11.0. The smallest absolute Gasteiger partial charge is 0.234 e. The molecule has 0 atom stereocenters. The maximum Gasteiger partial charge on any atom is 0.234 e. The monoisotopic (exact) mass is 352 g/mol. The Morgan fingerprint density at radius 2 is 1.57 bits per heavy atom. The number of anilines is 2. The van der Waals surface area contributed by atoms with Crippen molar-refractivity contribution < 1.29 is 14.0 Å². The van der Waals surface area contributed by atoms with Gasteiger partial charge in [-0.15, -0.1) is 11.8 Å². The van der Waals surface area contributed by atoms with E-state index in [-0.39, 0.29) is 29.1 Å². The van der Waals surface area contributed by atoms with E-state index in [1.807, 2.05) is 0 Å². The number of thioether (sulfide) groups is 1. The van der Waals surface area contributed by atoms with Crippen molar-refractivity contribution in [2.24, 2.45) is 0 Å². The van der Waals surface area contributed by atoms with Crippen LogP contribution in [0.2, 0.25) is 5.02 Å². The third-order valence-corrected chi connectivity index (χ3v) is 3.87. The largest absolute Gasteiger partial charge is 0.325 e. The van der Waals surface area contributed by atoms with Crippen LogP contribution >= 0.6 is 23.4 Å². The highest BCUT2D eigenvalue weighted by atomic mass is 35.5. The molecular weight excluding hydrogens is 339 g/mol. The fraction of sp³-hybridized carbons (Fsp3) is 0.125. The van der Waals surface area contributed by atoms with Gasteiger partial charge in [0.2, 0.25) is 11.8 Å². The molecule has 0 unspecified atom stereocenters. The van der Waals surface area contributed by atoms with Gasteiger partial charge in [-0.25, -0.2) is 4.39 Å². The lowest BCUT2D eigenvalue weighted by molar-refractivity contribution is -0.114. The third-order valence-electron chi connectivity index (χ3n) is 2.70. The lowest BCUT2D eigenvalue weighted by Gasteiger charge is -2.06. The van der Waals surface area contributed by atoms with E-state index in [4.69, 9.17) is 11.6 Å². The minimum atomic E-state index is -0.366. The molecule has 0 radical (unpaired) electrons. The second-order valence-corrected chi connectivity index (χ2v) is 6.03. The molecule has 0 aliphatic carbocycles. The Bertz CT molecular complexity index is 695. The molecule has 4 nitrogen and oxygen atoms in total. The Hall–Kier alpha value is -2.05. The second-order valence-electron chi connectivity index (χ2n) is 4.61. The summed E-state index contributed by atoms with van der Waals surface area (Å²) in [5, 5.41) is 5.86. The number of rotatable bonds is 6. The van der Waals surface area contributed by atoms with Crippen LogP contribution in [-0.2, 0) is 9.59 Å². The van der Waals surface area contributed by atoms with Crippen molar-refractivity contribution in [1.29, 1.82) is 0 Å². The van der Waals surface area contributed by atoms with Crippen LogP contribution in [0.1, 0.15) is 0 Å². The van der Waals surface area contributed by atoms with Crippen molar-refractivity contribution in [3.63, 3.8) is 0 Å². The molecule has 0 fully saturated rings. The second kappa shape index (κ2) is 8.55. The van der Waals surface area contributed by atoms with Crippen molar-refractivity contribution in [3.05, 3.63) is 59.4 Å². The Morgan fingerprint density at radius 3 is 2.17 bits per heavy atom. The number of carbonyl (C=O) groups is 2. The first kappa shape index (κ1) is 17.3. The van der Waals surface area contributed by atoms with Gasteiger partial charge in [-0.05, 0) is 42.5 Å². The van der Waals surface area contributed by atoms with Gasteiger partial charge in [-0.2, -0.15) is 0 Å². The highest BCUT2D eigenvalue weighted by molar-refractivity contribution is 8.00. The van der Waals surface area contributed by atoms with Gasteiger partial charge in [0, 0.05) is 16.4 Å². The number of amides is 2. The molecule has 23 heavy (non-hydrogen) atoms. The van der Waals surface area contributed by atoms with Crippen LogP contribution in [-0.4, -0.2) is 23.3 Å². The summed E-state index contributed by atoms with van der Waals surface area (Å²) in [6.07, 6.45) is 0. The molecule has 120 valence electrons. The Morgan fingerprint density at radius 1 is 0.957 bits per heavy atom. The van der Waals surface area contributed by atoms with Gasteiger partial charge >= 0.3 is 0 Å². The summed E-state index contributed by atoms with van der Waals surface area (Å²) in [6, 6.07) is 12.3. The van der Waals surface area contributed by atoms with E-state index in [0.29, 0.717) is 16.4 Å². The standard InChI is InChI=1S/C16H14ClFN2O2S/c17-11-2-1-3-14(8-11)20-16(22)10-23-9-15(21)19-13-6-4-12(18)5-7-13/h1-8H,9-10H2,(H,19,21)(H,20,22). The predicted molar refractivity (Wildman–Crippen MR) is 92.4 cm³/mol. The molecule has 0 aromatic heterocycles. The van der Waals surface area contributed by atoms with E-state index >= 15 is 0 Å². The van der Waals surface area contributed by atoms with E-state index in [1.165, 1.54) is 36.0 Å². The zero-order valence-electron chi connectivity index (χ0n) is 12.0. The predicted octanol–water partition coefficient (Wildman–Crippen LogP) is 3.79. The summed E-state index contributed by atoms with van der Waals surface area (Å²) in [5.41, 5.74) is 1.12. The minimum Gasteiger partial charge on any atom is -0.325 e. The van der Waals surface area contributed by atoms with Gasteiger partial charge in [0.1, 0.15) is 5.82 Å². The first-order valence-corrected chi connectivity index (χ1v) is 8.25. The fourth-order valence-corrected chi connectivity index (χ4v) is 2.54. The summed E-state index contributed by atoms with van der Waals surface area (Å²) >= 11 is 7.01. The summed E-state index contributed by atoms with van der Waals surface area (Å²) in [5.74, 6) is -0.567. The van der Waals surface area contributed by atoms with Crippen LogP contribution in [0.5, 0.6) is 0 Å². The number of carbonyl (C=O) groups excluding carboxylic acids is 2. The molecular formula is C16H14ClFN2O2S. The SMILES string of the molecule is O=C(CSCC(=O)Nc1cccc(Cl)c1)Nc1ccc(F)cc1. The van der Waals surface area contributed by atoms with Gasteiger partial charge in [-0.3, -0.25) is 9.59 Å². The van der Waals surface area contributed by atoms with Crippen LogP contribution in [0.25, 0.3) is 0 Å². The molecule has 2 aromatic carbocycles. The van der Waals surface area contributed by atoms with Gasteiger partial charge in [-0.1, -0.05) is 17.7 Å². The summed E-state index contributed by atoms with van der Waals surface area (Å²) < 4.78 is 12.7. The molecule has 0 aliphatic rings.